The van der Waals surface area contributed by atoms with Gasteiger partial charge in [-0.3, -0.25) is 0 Å². The molecule has 2 heteroatoms. The first kappa shape index (κ1) is 7.56. The lowest BCUT2D eigenvalue weighted by molar-refractivity contribution is 1.35. The monoisotopic (exact) mass is 177 g/mol. The summed E-state index contributed by atoms with van der Waals surface area (Å²) in [4.78, 5) is 4.03. The molecular weight excluding hydrogens is 170 g/mol. The Kier molecular flexibility index (Phi) is 1.74. The molecule has 60 valence electrons. The van der Waals surface area contributed by atoms with Gasteiger partial charge in [0.1, 0.15) is 5.15 Å². The molecule has 1 heterocycles. The predicted molar refractivity (Wildman–Crippen MR) is 51.5 cm³/mol. The van der Waals surface area contributed by atoms with Crippen LogP contribution in [-0.2, 0) is 0 Å². The van der Waals surface area contributed by atoms with E-state index >= 15 is 0 Å². The third-order valence-electron chi connectivity index (χ3n) is 1.95. The predicted octanol–water partition coefficient (Wildman–Crippen LogP) is 3.20. The van der Waals surface area contributed by atoms with Gasteiger partial charge < -0.3 is 0 Å². The van der Waals surface area contributed by atoms with Gasteiger partial charge in [-0.2, -0.15) is 0 Å². The molecule has 2 rings (SSSR count). The zero-order valence-electron chi connectivity index (χ0n) is 6.71. The maximum Gasteiger partial charge on any atom is 0.129 e. The molecule has 0 unspecified atom stereocenters. The van der Waals surface area contributed by atoms with E-state index in [0.717, 1.165) is 5.39 Å². The first-order valence-electron chi connectivity index (χ1n) is 3.78. The molecule has 12 heavy (non-hydrogen) atoms. The van der Waals surface area contributed by atoms with Crippen LogP contribution in [-0.4, -0.2) is 4.98 Å². The highest BCUT2D eigenvalue weighted by molar-refractivity contribution is 6.30. The molecule has 1 aromatic carbocycles. The molecule has 0 aliphatic rings. The van der Waals surface area contributed by atoms with Crippen molar-refractivity contribution in [1.82, 2.24) is 4.98 Å². The second kappa shape index (κ2) is 2.76. The number of benzene rings is 1. The van der Waals surface area contributed by atoms with E-state index in [1.807, 2.05) is 24.4 Å². The molecule has 0 amide bonds. The molecule has 1 nitrogen and oxygen atoms in total. The van der Waals surface area contributed by atoms with Crippen LogP contribution >= 0.6 is 11.6 Å². The van der Waals surface area contributed by atoms with E-state index in [-0.39, 0.29) is 0 Å². The highest BCUT2D eigenvalue weighted by Crippen LogP contribution is 2.19. The number of aryl methyl sites for hydroxylation is 1. The quantitative estimate of drug-likeness (QED) is 0.564. The van der Waals surface area contributed by atoms with Gasteiger partial charge in [-0.05, 0) is 23.9 Å². The maximum atomic E-state index is 5.76. The van der Waals surface area contributed by atoms with Crippen LogP contribution in [0.3, 0.4) is 0 Å². The first-order chi connectivity index (χ1) is 5.77. The second-order valence-corrected chi connectivity index (χ2v) is 3.19. The van der Waals surface area contributed by atoms with Crippen LogP contribution in [0.2, 0.25) is 5.15 Å². The van der Waals surface area contributed by atoms with Crippen molar-refractivity contribution in [2.24, 2.45) is 0 Å². The van der Waals surface area contributed by atoms with E-state index in [1.54, 1.807) is 0 Å². The molecule has 0 atom stereocenters. The molecular formula is C10H8ClN. The van der Waals surface area contributed by atoms with E-state index in [1.165, 1.54) is 10.9 Å². The van der Waals surface area contributed by atoms with Crippen LogP contribution in [0.15, 0.2) is 30.5 Å². The van der Waals surface area contributed by atoms with Crippen molar-refractivity contribution >= 4 is 22.4 Å². The highest BCUT2D eigenvalue weighted by atomic mass is 35.5. The van der Waals surface area contributed by atoms with Gasteiger partial charge in [0, 0.05) is 11.6 Å². The van der Waals surface area contributed by atoms with Gasteiger partial charge in [0.2, 0.25) is 0 Å². The normalized spacial score (nSPS) is 10.5. The number of aromatic nitrogens is 1. The summed E-state index contributed by atoms with van der Waals surface area (Å²) in [5.74, 6) is 0. The Balaban J connectivity index is 2.86. The molecule has 0 N–H and O–H groups in total. The molecule has 0 fully saturated rings. The summed E-state index contributed by atoms with van der Waals surface area (Å²) in [6, 6.07) is 8.01. The van der Waals surface area contributed by atoms with Gasteiger partial charge in [-0.25, -0.2) is 4.98 Å². The van der Waals surface area contributed by atoms with E-state index in [4.69, 9.17) is 11.6 Å². The first-order valence-corrected chi connectivity index (χ1v) is 4.16. The zero-order valence-corrected chi connectivity index (χ0v) is 7.47. The van der Waals surface area contributed by atoms with Crippen LogP contribution < -0.4 is 0 Å². The van der Waals surface area contributed by atoms with Crippen LogP contribution in [0.5, 0.6) is 0 Å². The number of nitrogens with zero attached hydrogens (tertiary/aromatic N) is 1. The van der Waals surface area contributed by atoms with Crippen LogP contribution in [0.25, 0.3) is 10.8 Å². The average Bonchev–Trinajstić information content (AvgIpc) is 2.04. The van der Waals surface area contributed by atoms with Gasteiger partial charge in [0.25, 0.3) is 0 Å². The smallest absolute Gasteiger partial charge is 0.129 e. The Labute approximate surface area is 76.0 Å². The van der Waals surface area contributed by atoms with Crippen molar-refractivity contribution in [3.8, 4) is 0 Å². The fraction of sp³-hybridized carbons (Fsp3) is 0.100. The van der Waals surface area contributed by atoms with Gasteiger partial charge >= 0.3 is 0 Å². The van der Waals surface area contributed by atoms with Crippen LogP contribution in [0.4, 0.5) is 0 Å². The topological polar surface area (TPSA) is 12.9 Å². The second-order valence-electron chi connectivity index (χ2n) is 2.80. The van der Waals surface area contributed by atoms with E-state index < -0.39 is 0 Å². The minimum absolute atomic E-state index is 0.549. The van der Waals surface area contributed by atoms with Crippen LogP contribution in [0, 0.1) is 6.92 Å². The lowest BCUT2D eigenvalue weighted by atomic mass is 10.1. The Bertz CT molecular complexity index is 423. The summed E-state index contributed by atoms with van der Waals surface area (Å²) in [5.41, 5.74) is 1.23. The Hall–Kier alpha value is -1.08. The summed E-state index contributed by atoms with van der Waals surface area (Å²) in [6.45, 7) is 2.07. The maximum absolute atomic E-state index is 5.76. The Morgan fingerprint density at radius 3 is 3.00 bits per heavy atom. The fourth-order valence-corrected chi connectivity index (χ4v) is 1.46. The third-order valence-corrected chi connectivity index (χ3v) is 2.16. The van der Waals surface area contributed by atoms with E-state index in [2.05, 4.69) is 18.0 Å². The van der Waals surface area contributed by atoms with Crippen molar-refractivity contribution in [3.05, 3.63) is 41.2 Å². The number of pyridine rings is 1. The molecule has 2 aromatic rings. The summed E-state index contributed by atoms with van der Waals surface area (Å²) in [5, 5.41) is 2.87. The number of rotatable bonds is 0. The van der Waals surface area contributed by atoms with E-state index in [9.17, 15) is 0 Å². The summed E-state index contributed by atoms with van der Waals surface area (Å²) >= 11 is 5.76. The van der Waals surface area contributed by atoms with E-state index in [0.29, 0.717) is 5.15 Å². The average molecular weight is 178 g/mol. The molecule has 0 spiro atoms. The molecule has 1 aromatic heterocycles. The molecule has 0 radical (unpaired) electrons. The van der Waals surface area contributed by atoms with Gasteiger partial charge in [0.05, 0.1) is 0 Å². The number of fused-ring (bicyclic) bond motifs is 1. The lowest BCUT2D eigenvalue weighted by Gasteiger charge is -2.00. The molecule has 0 bridgehead atoms. The number of hydrogen-bond acceptors (Lipinski definition) is 1. The van der Waals surface area contributed by atoms with Gasteiger partial charge in [0.15, 0.2) is 0 Å². The summed E-state index contributed by atoms with van der Waals surface area (Å²) in [7, 11) is 0. The molecule has 0 aliphatic heterocycles. The van der Waals surface area contributed by atoms with Crippen molar-refractivity contribution < 1.29 is 0 Å². The largest absolute Gasteiger partial charge is 0.244 e. The zero-order chi connectivity index (χ0) is 8.55. The van der Waals surface area contributed by atoms with Gasteiger partial charge in [-0.1, -0.05) is 29.8 Å². The Morgan fingerprint density at radius 1 is 1.33 bits per heavy atom. The van der Waals surface area contributed by atoms with Crippen molar-refractivity contribution in [1.29, 1.82) is 0 Å². The third kappa shape index (κ3) is 1.16. The van der Waals surface area contributed by atoms with Crippen molar-refractivity contribution in [3.63, 3.8) is 0 Å². The van der Waals surface area contributed by atoms with Crippen LogP contribution in [0.1, 0.15) is 5.56 Å². The summed E-state index contributed by atoms with van der Waals surface area (Å²) in [6.07, 6.45) is 1.81. The molecule has 0 aliphatic carbocycles. The lowest BCUT2D eigenvalue weighted by Crippen LogP contribution is -1.80. The molecule has 0 saturated heterocycles. The van der Waals surface area contributed by atoms with Crippen molar-refractivity contribution in [2.75, 3.05) is 0 Å². The minimum Gasteiger partial charge on any atom is -0.244 e. The van der Waals surface area contributed by atoms with Gasteiger partial charge in [-0.15, -0.1) is 0 Å². The Morgan fingerprint density at radius 2 is 2.17 bits per heavy atom. The fourth-order valence-electron chi connectivity index (χ4n) is 1.30. The highest BCUT2D eigenvalue weighted by Gasteiger charge is 1.96. The van der Waals surface area contributed by atoms with Crippen molar-refractivity contribution in [2.45, 2.75) is 6.92 Å². The minimum atomic E-state index is 0.549. The number of halogens is 1. The summed E-state index contributed by atoms with van der Waals surface area (Å²) < 4.78 is 0. The SMILES string of the molecule is Cc1cccc2cc(Cl)ncc12. The standard InChI is InChI=1S/C10H8ClN/c1-7-3-2-4-8-5-10(11)12-6-9(7)8/h2-6H,1H3. The number of hydrogen-bond donors (Lipinski definition) is 0. The molecule has 0 saturated carbocycles.